The average molecular weight is 415 g/mol. The fourth-order valence-electron chi connectivity index (χ4n) is 2.52. The Labute approximate surface area is 157 Å². The van der Waals surface area contributed by atoms with Gasteiger partial charge < -0.3 is 4.74 Å². The third-order valence-electron chi connectivity index (χ3n) is 3.84. The number of fused-ring (bicyclic) bond motifs is 1. The minimum Gasteiger partial charge on any atom is -0.461 e. The third kappa shape index (κ3) is 4.05. The van der Waals surface area contributed by atoms with E-state index in [4.69, 9.17) is 4.74 Å². The summed E-state index contributed by atoms with van der Waals surface area (Å²) < 4.78 is 6.10. The topological polar surface area (TPSA) is 89.1 Å². The molecule has 0 saturated heterocycles. The molecular formula is C19H15BrN2O4. The first kappa shape index (κ1) is 18.0. The van der Waals surface area contributed by atoms with Crippen LogP contribution in [0.1, 0.15) is 33.7 Å². The molecule has 1 N–H and O–H groups in total. The molecular weight excluding hydrogens is 400 g/mol. The maximum atomic E-state index is 12.2. The molecule has 0 aliphatic carbocycles. The monoisotopic (exact) mass is 414 g/mol. The van der Waals surface area contributed by atoms with E-state index in [0.29, 0.717) is 22.8 Å². The number of carbonyl (C=O) groups excluding carboxylic acids is 2. The first-order chi connectivity index (χ1) is 12.6. The van der Waals surface area contributed by atoms with Gasteiger partial charge in [0.1, 0.15) is 0 Å². The molecule has 3 aromatic rings. The van der Waals surface area contributed by atoms with Gasteiger partial charge in [-0.1, -0.05) is 46.3 Å². The van der Waals surface area contributed by atoms with Crippen LogP contribution in [-0.2, 0) is 4.74 Å². The number of aromatic amines is 1. The van der Waals surface area contributed by atoms with Crippen LogP contribution in [0.4, 0.5) is 0 Å². The lowest BCUT2D eigenvalue weighted by Gasteiger charge is -2.06. The van der Waals surface area contributed by atoms with Gasteiger partial charge in [0, 0.05) is 21.8 Å². The number of benzene rings is 2. The highest BCUT2D eigenvalue weighted by Gasteiger charge is 2.15. The van der Waals surface area contributed by atoms with Gasteiger partial charge in [-0.05, 0) is 24.6 Å². The first-order valence-corrected chi connectivity index (χ1v) is 8.79. The number of ketones is 1. The predicted octanol–water partition coefficient (Wildman–Crippen LogP) is 3.51. The summed E-state index contributed by atoms with van der Waals surface area (Å²) in [5.74, 6) is -0.644. The quantitative estimate of drug-likeness (QED) is 0.378. The number of hydrogen-bond donors (Lipinski definition) is 1. The molecule has 0 unspecified atom stereocenters. The SMILES string of the molecule is O=C(CCCOC(=O)c1n[nH]c(=O)c2ccccc12)c1ccc(Br)cc1. The van der Waals surface area contributed by atoms with Crippen molar-refractivity contribution < 1.29 is 14.3 Å². The van der Waals surface area contributed by atoms with E-state index < -0.39 is 5.97 Å². The van der Waals surface area contributed by atoms with Gasteiger partial charge >= 0.3 is 5.97 Å². The lowest BCUT2D eigenvalue weighted by atomic mass is 10.1. The Hall–Kier alpha value is -2.80. The minimum absolute atomic E-state index is 0.0128. The number of H-pyrrole nitrogens is 1. The van der Waals surface area contributed by atoms with Crippen molar-refractivity contribution in [1.82, 2.24) is 10.2 Å². The van der Waals surface area contributed by atoms with Gasteiger partial charge in [0.25, 0.3) is 5.56 Å². The molecule has 3 rings (SSSR count). The van der Waals surface area contributed by atoms with Crippen molar-refractivity contribution in [3.05, 3.63) is 74.6 Å². The smallest absolute Gasteiger partial charge is 0.359 e. The van der Waals surface area contributed by atoms with E-state index in [9.17, 15) is 14.4 Å². The lowest BCUT2D eigenvalue weighted by Crippen LogP contribution is -2.16. The van der Waals surface area contributed by atoms with Crippen LogP contribution in [0.25, 0.3) is 10.8 Å². The molecule has 26 heavy (non-hydrogen) atoms. The van der Waals surface area contributed by atoms with Crippen LogP contribution in [0.5, 0.6) is 0 Å². The highest BCUT2D eigenvalue weighted by atomic mass is 79.9. The standard InChI is InChI=1S/C19H15BrN2O4/c20-13-9-7-12(8-10-13)16(23)6-3-11-26-19(25)17-14-4-1-2-5-15(14)18(24)22-21-17/h1-2,4-5,7-10H,3,6,11H2,(H,22,24). The number of Topliss-reactive ketones (excluding diaryl/α,β-unsaturated/α-hetero) is 1. The van der Waals surface area contributed by atoms with Crippen molar-refractivity contribution in [2.24, 2.45) is 0 Å². The van der Waals surface area contributed by atoms with E-state index in [1.165, 1.54) is 0 Å². The fraction of sp³-hybridized carbons (Fsp3) is 0.158. The van der Waals surface area contributed by atoms with E-state index in [1.807, 2.05) is 0 Å². The van der Waals surface area contributed by atoms with E-state index >= 15 is 0 Å². The van der Waals surface area contributed by atoms with Crippen LogP contribution >= 0.6 is 15.9 Å². The molecule has 0 amide bonds. The number of esters is 1. The average Bonchev–Trinajstić information content (AvgIpc) is 2.66. The molecule has 6 nitrogen and oxygen atoms in total. The number of nitrogens with zero attached hydrogens (tertiary/aromatic N) is 1. The molecule has 0 aliphatic rings. The van der Waals surface area contributed by atoms with Gasteiger partial charge in [0.15, 0.2) is 11.5 Å². The Morgan fingerprint density at radius 2 is 1.73 bits per heavy atom. The Kier molecular flexibility index (Phi) is 5.58. The third-order valence-corrected chi connectivity index (χ3v) is 4.37. The van der Waals surface area contributed by atoms with Crippen molar-refractivity contribution >= 4 is 38.5 Å². The van der Waals surface area contributed by atoms with Crippen LogP contribution in [0.3, 0.4) is 0 Å². The Balaban J connectivity index is 1.58. The van der Waals surface area contributed by atoms with Crippen molar-refractivity contribution in [3.63, 3.8) is 0 Å². The van der Waals surface area contributed by atoms with Crippen LogP contribution in [-0.4, -0.2) is 28.6 Å². The van der Waals surface area contributed by atoms with Crippen molar-refractivity contribution in [1.29, 1.82) is 0 Å². The van der Waals surface area contributed by atoms with Crippen LogP contribution in [0.15, 0.2) is 57.8 Å². The normalized spacial score (nSPS) is 10.7. The summed E-state index contributed by atoms with van der Waals surface area (Å²) in [6.45, 7) is 0.0935. The summed E-state index contributed by atoms with van der Waals surface area (Å²) in [5, 5.41) is 6.90. The second-order valence-electron chi connectivity index (χ2n) is 5.62. The Morgan fingerprint density at radius 3 is 2.46 bits per heavy atom. The number of hydrogen-bond acceptors (Lipinski definition) is 5. The molecule has 0 spiro atoms. The summed E-state index contributed by atoms with van der Waals surface area (Å²) >= 11 is 3.32. The number of nitrogens with one attached hydrogen (secondary N) is 1. The van der Waals surface area contributed by atoms with E-state index in [1.54, 1.807) is 48.5 Å². The maximum Gasteiger partial charge on any atom is 0.359 e. The zero-order valence-corrected chi connectivity index (χ0v) is 15.3. The minimum atomic E-state index is -0.631. The first-order valence-electron chi connectivity index (χ1n) is 7.99. The summed E-state index contributed by atoms with van der Waals surface area (Å²) in [6, 6.07) is 13.8. The maximum absolute atomic E-state index is 12.2. The van der Waals surface area contributed by atoms with Crippen LogP contribution in [0, 0.1) is 0 Å². The molecule has 132 valence electrons. The molecule has 0 bridgehead atoms. The molecule has 1 aromatic heterocycles. The van der Waals surface area contributed by atoms with Gasteiger partial charge in [-0.3, -0.25) is 9.59 Å². The number of rotatable bonds is 6. The van der Waals surface area contributed by atoms with Gasteiger partial charge in [-0.15, -0.1) is 0 Å². The fourth-order valence-corrected chi connectivity index (χ4v) is 2.78. The van der Waals surface area contributed by atoms with E-state index in [0.717, 1.165) is 4.47 Å². The molecule has 7 heteroatoms. The summed E-state index contributed by atoms with van der Waals surface area (Å²) in [5.41, 5.74) is 0.310. The molecule has 0 saturated carbocycles. The Bertz CT molecular complexity index is 1010. The molecule has 0 fully saturated rings. The van der Waals surface area contributed by atoms with Crippen molar-refractivity contribution in [3.8, 4) is 0 Å². The highest BCUT2D eigenvalue weighted by Crippen LogP contribution is 2.14. The predicted molar refractivity (Wildman–Crippen MR) is 100 cm³/mol. The van der Waals surface area contributed by atoms with E-state index in [2.05, 4.69) is 26.1 Å². The molecule has 0 radical (unpaired) electrons. The van der Waals surface area contributed by atoms with Gasteiger partial charge in [-0.25, -0.2) is 9.89 Å². The summed E-state index contributed by atoms with van der Waals surface area (Å²) in [4.78, 5) is 36.0. The Morgan fingerprint density at radius 1 is 1.04 bits per heavy atom. The lowest BCUT2D eigenvalue weighted by molar-refractivity contribution is 0.0488. The zero-order chi connectivity index (χ0) is 18.5. The van der Waals surface area contributed by atoms with Gasteiger partial charge in [0.2, 0.25) is 0 Å². The van der Waals surface area contributed by atoms with Crippen LogP contribution < -0.4 is 5.56 Å². The zero-order valence-electron chi connectivity index (χ0n) is 13.7. The number of halogens is 1. The van der Waals surface area contributed by atoms with Gasteiger partial charge in [0.05, 0.1) is 12.0 Å². The second-order valence-corrected chi connectivity index (χ2v) is 6.53. The molecule has 0 aliphatic heterocycles. The number of carbonyl (C=O) groups is 2. The van der Waals surface area contributed by atoms with Crippen molar-refractivity contribution in [2.75, 3.05) is 6.61 Å². The van der Waals surface area contributed by atoms with Crippen LogP contribution in [0.2, 0.25) is 0 Å². The van der Waals surface area contributed by atoms with Crippen molar-refractivity contribution in [2.45, 2.75) is 12.8 Å². The van der Waals surface area contributed by atoms with E-state index in [-0.39, 0.29) is 30.1 Å². The second kappa shape index (κ2) is 8.05. The molecule has 0 atom stereocenters. The molecule has 2 aromatic carbocycles. The van der Waals surface area contributed by atoms with Gasteiger partial charge in [-0.2, -0.15) is 5.10 Å². The summed E-state index contributed by atoms with van der Waals surface area (Å²) in [6.07, 6.45) is 0.677. The summed E-state index contributed by atoms with van der Waals surface area (Å²) in [7, 11) is 0. The number of aromatic nitrogens is 2. The molecule has 1 heterocycles. The number of ether oxygens (including phenoxy) is 1. The highest BCUT2D eigenvalue weighted by molar-refractivity contribution is 9.10. The largest absolute Gasteiger partial charge is 0.461 e.